The molecule has 2 aromatic rings. The molecule has 0 fully saturated rings. The van der Waals surface area contributed by atoms with Crippen LogP contribution in [-0.4, -0.2) is 17.8 Å². The van der Waals surface area contributed by atoms with Crippen LogP contribution in [0.2, 0.25) is 0 Å². The van der Waals surface area contributed by atoms with Crippen LogP contribution in [0.25, 0.3) is 10.9 Å². The first-order chi connectivity index (χ1) is 6.58. The van der Waals surface area contributed by atoms with Gasteiger partial charge in [-0.1, -0.05) is 17.1 Å². The lowest BCUT2D eigenvalue weighted by Gasteiger charge is -2.02. The van der Waals surface area contributed by atoms with Gasteiger partial charge in [0.05, 0.1) is 5.39 Å². The van der Waals surface area contributed by atoms with Gasteiger partial charge in [0.25, 0.3) is 5.56 Å². The third-order valence-corrected chi connectivity index (χ3v) is 2.19. The molecule has 0 atom stereocenters. The van der Waals surface area contributed by atoms with Crippen molar-refractivity contribution < 1.29 is 0 Å². The Kier molecular flexibility index (Phi) is 1.80. The molecule has 1 aromatic heterocycles. The molecule has 0 amide bonds. The summed E-state index contributed by atoms with van der Waals surface area (Å²) in [7, 11) is 1.87. The predicted octanol–water partition coefficient (Wildman–Crippen LogP) is -1.22. The van der Waals surface area contributed by atoms with Gasteiger partial charge in [0.15, 0.2) is 0 Å². The summed E-state index contributed by atoms with van der Waals surface area (Å²) in [5.74, 6) is 0. The van der Waals surface area contributed by atoms with E-state index >= 15 is 0 Å². The SMILES string of the molecule is Bc1cc(C)cc2c(=O)[nH]c(=O)[nH]c12. The van der Waals surface area contributed by atoms with E-state index in [9.17, 15) is 9.59 Å². The number of aromatic amines is 2. The molecule has 2 N–H and O–H groups in total. The van der Waals surface area contributed by atoms with E-state index in [1.807, 2.05) is 20.8 Å². The Labute approximate surface area is 80.4 Å². The fraction of sp³-hybridized carbons (Fsp3) is 0.111. The molecule has 2 rings (SSSR count). The van der Waals surface area contributed by atoms with E-state index in [4.69, 9.17) is 0 Å². The second kappa shape index (κ2) is 2.87. The molecule has 4 nitrogen and oxygen atoms in total. The highest BCUT2D eigenvalue weighted by Crippen LogP contribution is 2.03. The predicted molar refractivity (Wildman–Crippen MR) is 58.1 cm³/mol. The molecule has 0 saturated heterocycles. The van der Waals surface area contributed by atoms with Crippen molar-refractivity contribution in [2.75, 3.05) is 0 Å². The lowest BCUT2D eigenvalue weighted by molar-refractivity contribution is 1.08. The van der Waals surface area contributed by atoms with Crippen molar-refractivity contribution in [1.82, 2.24) is 9.97 Å². The fourth-order valence-corrected chi connectivity index (χ4v) is 1.63. The van der Waals surface area contributed by atoms with E-state index in [1.165, 1.54) is 0 Å². The van der Waals surface area contributed by atoms with Crippen molar-refractivity contribution in [3.8, 4) is 0 Å². The monoisotopic (exact) mass is 188 g/mol. The highest BCUT2D eigenvalue weighted by molar-refractivity contribution is 6.38. The van der Waals surface area contributed by atoms with E-state index < -0.39 is 5.69 Å². The van der Waals surface area contributed by atoms with Crippen molar-refractivity contribution in [1.29, 1.82) is 0 Å². The molecule has 1 heterocycles. The first-order valence-corrected chi connectivity index (χ1v) is 4.31. The third-order valence-electron chi connectivity index (χ3n) is 2.19. The third kappa shape index (κ3) is 1.27. The molecule has 70 valence electrons. The zero-order chi connectivity index (χ0) is 10.3. The Morgan fingerprint density at radius 2 is 1.93 bits per heavy atom. The summed E-state index contributed by atoms with van der Waals surface area (Å²) in [4.78, 5) is 27.3. The molecule has 0 aliphatic carbocycles. The molecular formula is C9H9BN2O2. The highest BCUT2D eigenvalue weighted by Gasteiger charge is 2.03. The van der Waals surface area contributed by atoms with Crippen molar-refractivity contribution in [2.45, 2.75) is 6.92 Å². The largest absolute Gasteiger partial charge is 0.326 e. The second-order valence-corrected chi connectivity index (χ2v) is 3.41. The topological polar surface area (TPSA) is 65.7 Å². The maximum Gasteiger partial charge on any atom is 0.326 e. The van der Waals surface area contributed by atoms with Crippen molar-refractivity contribution in [2.24, 2.45) is 0 Å². The van der Waals surface area contributed by atoms with Crippen LogP contribution in [0.1, 0.15) is 5.56 Å². The molecule has 0 unspecified atom stereocenters. The maximum absolute atomic E-state index is 11.4. The van der Waals surface area contributed by atoms with Gasteiger partial charge in [-0.25, -0.2) is 4.79 Å². The average molecular weight is 188 g/mol. The van der Waals surface area contributed by atoms with Gasteiger partial charge in [-0.15, -0.1) is 0 Å². The number of hydrogen-bond acceptors (Lipinski definition) is 2. The second-order valence-electron chi connectivity index (χ2n) is 3.41. The normalized spacial score (nSPS) is 10.6. The standard InChI is InChI=1S/C9H9BN2O2/c1-4-2-5-7(6(10)3-4)11-9(14)12-8(5)13/h2-3H,10H2,1H3,(H2,11,12,13,14). The van der Waals surface area contributed by atoms with Gasteiger partial charge in [0.1, 0.15) is 7.85 Å². The summed E-state index contributed by atoms with van der Waals surface area (Å²) in [5.41, 5.74) is 1.73. The van der Waals surface area contributed by atoms with Gasteiger partial charge in [-0.05, 0) is 13.0 Å². The zero-order valence-corrected chi connectivity index (χ0v) is 7.97. The fourth-order valence-electron chi connectivity index (χ4n) is 1.63. The Bertz CT molecular complexity index is 612. The number of H-pyrrole nitrogens is 2. The minimum atomic E-state index is -0.463. The summed E-state index contributed by atoms with van der Waals surface area (Å²) in [6.45, 7) is 1.91. The summed E-state index contributed by atoms with van der Waals surface area (Å²) in [5, 5.41) is 0.530. The summed E-state index contributed by atoms with van der Waals surface area (Å²) in [6, 6.07) is 3.69. The molecular weight excluding hydrogens is 179 g/mol. The number of benzene rings is 1. The Balaban J connectivity index is 3.10. The molecule has 0 spiro atoms. The lowest BCUT2D eigenvalue weighted by atomic mass is 9.92. The van der Waals surface area contributed by atoms with Crippen LogP contribution in [0, 0.1) is 6.92 Å². The average Bonchev–Trinajstić information content (AvgIpc) is 2.07. The minimum absolute atomic E-state index is 0.337. The van der Waals surface area contributed by atoms with Gasteiger partial charge in [-0.2, -0.15) is 0 Å². The molecule has 0 saturated carbocycles. The summed E-state index contributed by atoms with van der Waals surface area (Å²) in [6.07, 6.45) is 0. The number of nitrogens with one attached hydrogen (secondary N) is 2. The van der Waals surface area contributed by atoms with E-state index in [1.54, 1.807) is 6.07 Å². The number of aryl methyl sites for hydroxylation is 1. The van der Waals surface area contributed by atoms with Crippen molar-refractivity contribution >= 4 is 24.2 Å². The summed E-state index contributed by atoms with van der Waals surface area (Å²) < 4.78 is 0. The summed E-state index contributed by atoms with van der Waals surface area (Å²) >= 11 is 0. The smallest absolute Gasteiger partial charge is 0.307 e. The molecule has 0 aliphatic heterocycles. The van der Waals surface area contributed by atoms with Crippen LogP contribution in [0.15, 0.2) is 21.7 Å². The van der Waals surface area contributed by atoms with Gasteiger partial charge in [0.2, 0.25) is 0 Å². The lowest BCUT2D eigenvalue weighted by Crippen LogP contribution is -2.25. The first-order valence-electron chi connectivity index (χ1n) is 4.31. The zero-order valence-electron chi connectivity index (χ0n) is 7.97. The maximum atomic E-state index is 11.4. The van der Waals surface area contributed by atoms with Crippen molar-refractivity contribution in [3.05, 3.63) is 38.5 Å². The van der Waals surface area contributed by atoms with Gasteiger partial charge >= 0.3 is 5.69 Å². The molecule has 0 radical (unpaired) electrons. The van der Waals surface area contributed by atoms with Crippen LogP contribution in [0.3, 0.4) is 0 Å². The van der Waals surface area contributed by atoms with E-state index in [0.717, 1.165) is 11.0 Å². The molecule has 0 aliphatic rings. The molecule has 1 aromatic carbocycles. The number of hydrogen-bond donors (Lipinski definition) is 2. The van der Waals surface area contributed by atoms with Gasteiger partial charge in [0, 0.05) is 5.52 Å². The van der Waals surface area contributed by atoms with Crippen LogP contribution >= 0.6 is 0 Å². The van der Waals surface area contributed by atoms with E-state index in [0.29, 0.717) is 10.9 Å². The van der Waals surface area contributed by atoms with E-state index in [2.05, 4.69) is 9.97 Å². The number of rotatable bonds is 0. The Hall–Kier alpha value is -1.78. The quantitative estimate of drug-likeness (QED) is 0.509. The first kappa shape index (κ1) is 8.81. The van der Waals surface area contributed by atoms with Crippen LogP contribution in [0.4, 0.5) is 0 Å². The molecule has 5 heteroatoms. The van der Waals surface area contributed by atoms with Gasteiger partial charge in [-0.3, -0.25) is 9.78 Å². The number of fused-ring (bicyclic) bond motifs is 1. The van der Waals surface area contributed by atoms with Crippen LogP contribution in [-0.2, 0) is 0 Å². The molecule has 0 bridgehead atoms. The Morgan fingerprint density at radius 3 is 2.64 bits per heavy atom. The van der Waals surface area contributed by atoms with Crippen LogP contribution < -0.4 is 16.7 Å². The highest BCUT2D eigenvalue weighted by atomic mass is 16.2. The number of aromatic nitrogens is 2. The molecule has 14 heavy (non-hydrogen) atoms. The minimum Gasteiger partial charge on any atom is -0.307 e. The van der Waals surface area contributed by atoms with E-state index in [-0.39, 0.29) is 5.56 Å². The Morgan fingerprint density at radius 1 is 1.21 bits per heavy atom. The van der Waals surface area contributed by atoms with Gasteiger partial charge < -0.3 is 4.98 Å². The van der Waals surface area contributed by atoms with Crippen LogP contribution in [0.5, 0.6) is 0 Å². The van der Waals surface area contributed by atoms with Crippen molar-refractivity contribution in [3.63, 3.8) is 0 Å².